The van der Waals surface area contributed by atoms with Crippen LogP contribution in [0, 0.1) is 13.8 Å². The van der Waals surface area contributed by atoms with E-state index in [4.69, 9.17) is 4.98 Å². The van der Waals surface area contributed by atoms with Gasteiger partial charge in [0.15, 0.2) is 5.78 Å². The molecule has 1 saturated heterocycles. The molecule has 5 rings (SSSR count). The number of Topliss-reactive ketones (excluding diaryl/α,β-unsaturated/α-hetero) is 1. The third-order valence-electron chi connectivity index (χ3n) is 6.55. The predicted octanol–water partition coefficient (Wildman–Crippen LogP) is 3.53. The van der Waals surface area contributed by atoms with Crippen molar-refractivity contribution in [3.05, 3.63) is 51.8 Å². The molecule has 1 aromatic carbocycles. The third-order valence-corrected chi connectivity index (χ3v) is 9.64. The summed E-state index contributed by atoms with van der Waals surface area (Å²) in [7, 11) is -3.69. The van der Waals surface area contributed by atoms with E-state index < -0.39 is 10.0 Å². The van der Waals surface area contributed by atoms with E-state index in [9.17, 15) is 18.0 Å². The topological polar surface area (TPSA) is 101 Å². The minimum Gasteiger partial charge on any atom is -0.335 e. The molecule has 2 fully saturated rings. The minimum atomic E-state index is -3.69. The summed E-state index contributed by atoms with van der Waals surface area (Å²) < 4.78 is 27.5. The van der Waals surface area contributed by atoms with E-state index >= 15 is 0 Å². The van der Waals surface area contributed by atoms with Gasteiger partial charge in [-0.2, -0.15) is 4.31 Å². The van der Waals surface area contributed by atoms with Crippen LogP contribution in [0.25, 0.3) is 10.2 Å². The van der Waals surface area contributed by atoms with Gasteiger partial charge >= 0.3 is 0 Å². The van der Waals surface area contributed by atoms with Gasteiger partial charge in [-0.25, -0.2) is 18.4 Å². The number of amides is 1. The van der Waals surface area contributed by atoms with Crippen LogP contribution in [0.15, 0.2) is 29.2 Å². The lowest BCUT2D eigenvalue weighted by molar-refractivity contribution is 0.0702. The average Bonchev–Trinajstić information content (AvgIpc) is 3.62. The second-order valence-corrected chi connectivity index (χ2v) is 11.9. The molecule has 0 N–H and O–H groups in total. The van der Waals surface area contributed by atoms with Crippen molar-refractivity contribution in [1.82, 2.24) is 19.2 Å². The Morgan fingerprint density at radius 1 is 1.00 bits per heavy atom. The molecule has 10 heteroatoms. The molecule has 2 aromatic heterocycles. The van der Waals surface area contributed by atoms with E-state index in [2.05, 4.69) is 4.98 Å². The number of ketones is 1. The molecule has 3 heterocycles. The number of fused-ring (bicyclic) bond motifs is 1. The lowest BCUT2D eigenvalue weighted by Crippen LogP contribution is -2.50. The van der Waals surface area contributed by atoms with E-state index in [0.717, 1.165) is 40.1 Å². The molecular weight excluding hydrogens is 472 g/mol. The minimum absolute atomic E-state index is 0.0873. The molecule has 1 aliphatic carbocycles. The Morgan fingerprint density at radius 3 is 2.24 bits per heavy atom. The van der Waals surface area contributed by atoms with Gasteiger partial charge < -0.3 is 4.90 Å². The zero-order valence-electron chi connectivity index (χ0n) is 19.4. The highest BCUT2D eigenvalue weighted by Gasteiger charge is 2.33. The Balaban J connectivity index is 1.32. The van der Waals surface area contributed by atoms with Crippen molar-refractivity contribution in [1.29, 1.82) is 0 Å². The van der Waals surface area contributed by atoms with Crippen LogP contribution in [0.1, 0.15) is 62.8 Å². The van der Waals surface area contributed by atoms with Gasteiger partial charge in [-0.1, -0.05) is 12.1 Å². The summed E-state index contributed by atoms with van der Waals surface area (Å²) in [6.07, 6.45) is 2.24. The quantitative estimate of drug-likeness (QED) is 0.499. The third kappa shape index (κ3) is 4.03. The van der Waals surface area contributed by atoms with Crippen LogP contribution in [0.4, 0.5) is 0 Å². The number of piperazine rings is 1. The number of thiophene rings is 1. The second kappa shape index (κ2) is 8.51. The summed E-state index contributed by atoms with van der Waals surface area (Å²) >= 11 is 1.40. The van der Waals surface area contributed by atoms with Crippen molar-refractivity contribution < 1.29 is 18.0 Å². The molecule has 34 heavy (non-hydrogen) atoms. The van der Waals surface area contributed by atoms with Crippen LogP contribution in [0.3, 0.4) is 0 Å². The Hall–Kier alpha value is -2.69. The average molecular weight is 499 g/mol. The number of hydrogen-bond acceptors (Lipinski definition) is 7. The van der Waals surface area contributed by atoms with Crippen LogP contribution in [0.5, 0.6) is 0 Å². The van der Waals surface area contributed by atoms with Crippen molar-refractivity contribution >= 4 is 43.3 Å². The molecule has 1 amide bonds. The number of benzene rings is 1. The summed E-state index contributed by atoms with van der Waals surface area (Å²) in [5, 5.41) is 0.952. The highest BCUT2D eigenvalue weighted by molar-refractivity contribution is 7.89. The first-order chi connectivity index (χ1) is 16.2. The van der Waals surface area contributed by atoms with Crippen molar-refractivity contribution in [3.63, 3.8) is 0 Å². The smallest absolute Gasteiger partial charge is 0.264 e. The van der Waals surface area contributed by atoms with Crippen LogP contribution in [0.2, 0.25) is 0 Å². The van der Waals surface area contributed by atoms with Gasteiger partial charge in [0.05, 0.1) is 15.5 Å². The highest BCUT2D eigenvalue weighted by Crippen LogP contribution is 2.40. The van der Waals surface area contributed by atoms with Gasteiger partial charge in [0.1, 0.15) is 10.7 Å². The number of hydrogen-bond donors (Lipinski definition) is 0. The standard InChI is InChI=1S/C24H26N4O4S2/c1-14-20-15(2)25-22(18-4-5-18)26-23(20)33-21(14)24(30)27-10-12-28(13-11-27)34(31,32)19-8-6-17(7-9-19)16(3)29/h6-9,18H,4-5,10-13H2,1-3H3. The molecule has 1 aliphatic heterocycles. The number of carbonyl (C=O) groups excluding carboxylic acids is 2. The van der Waals surface area contributed by atoms with Crippen LogP contribution < -0.4 is 0 Å². The fourth-order valence-corrected chi connectivity index (χ4v) is 7.00. The summed E-state index contributed by atoms with van der Waals surface area (Å²) in [5.41, 5.74) is 2.27. The summed E-state index contributed by atoms with van der Waals surface area (Å²) in [5.74, 6) is 1.12. The van der Waals surface area contributed by atoms with E-state index in [1.165, 1.54) is 46.8 Å². The first kappa shape index (κ1) is 23.1. The summed E-state index contributed by atoms with van der Waals surface area (Å²) in [6.45, 7) is 6.41. The molecule has 3 aromatic rings. The van der Waals surface area contributed by atoms with Crippen molar-refractivity contribution in [2.75, 3.05) is 26.2 Å². The lowest BCUT2D eigenvalue weighted by atomic mass is 10.1. The first-order valence-corrected chi connectivity index (χ1v) is 13.6. The van der Waals surface area contributed by atoms with Gasteiger partial charge in [-0.15, -0.1) is 11.3 Å². The maximum atomic E-state index is 13.3. The van der Waals surface area contributed by atoms with Crippen molar-refractivity contribution in [2.24, 2.45) is 0 Å². The van der Waals surface area contributed by atoms with Gasteiger partial charge in [0.25, 0.3) is 5.91 Å². The van der Waals surface area contributed by atoms with E-state index in [1.54, 1.807) is 4.90 Å². The number of aromatic nitrogens is 2. The molecule has 0 spiro atoms. The van der Waals surface area contributed by atoms with Crippen LogP contribution in [-0.2, 0) is 10.0 Å². The van der Waals surface area contributed by atoms with E-state index in [-0.39, 0.29) is 29.7 Å². The maximum absolute atomic E-state index is 13.3. The molecular formula is C24H26N4O4S2. The van der Waals surface area contributed by atoms with E-state index in [1.807, 2.05) is 13.8 Å². The molecule has 0 unspecified atom stereocenters. The fraction of sp³-hybridized carbons (Fsp3) is 0.417. The molecule has 0 atom stereocenters. The Labute approximate surface area is 202 Å². The molecule has 178 valence electrons. The highest BCUT2D eigenvalue weighted by atomic mass is 32.2. The van der Waals surface area contributed by atoms with Gasteiger partial charge in [-0.05, 0) is 51.3 Å². The number of nitrogens with zero attached hydrogens (tertiary/aromatic N) is 4. The first-order valence-electron chi connectivity index (χ1n) is 11.3. The van der Waals surface area contributed by atoms with Crippen LogP contribution in [-0.4, -0.2) is 65.5 Å². The second-order valence-electron chi connectivity index (χ2n) is 8.95. The molecule has 0 bridgehead atoms. The summed E-state index contributed by atoms with van der Waals surface area (Å²) in [6, 6.07) is 5.98. The maximum Gasteiger partial charge on any atom is 0.264 e. The SMILES string of the molecule is CC(=O)c1ccc(S(=O)(=O)N2CCN(C(=O)c3sc4nc(C5CC5)nc(C)c4c3C)CC2)cc1. The molecule has 2 aliphatic rings. The number of aryl methyl sites for hydroxylation is 2. The summed E-state index contributed by atoms with van der Waals surface area (Å²) in [4.78, 5) is 37.6. The van der Waals surface area contributed by atoms with Gasteiger partial charge in [0, 0.05) is 43.0 Å². The number of rotatable bonds is 5. The van der Waals surface area contributed by atoms with Gasteiger partial charge in [0.2, 0.25) is 10.0 Å². The lowest BCUT2D eigenvalue weighted by Gasteiger charge is -2.34. The molecule has 8 nitrogen and oxygen atoms in total. The normalized spacial score (nSPS) is 17.3. The van der Waals surface area contributed by atoms with Crippen molar-refractivity contribution in [3.8, 4) is 0 Å². The molecule has 0 radical (unpaired) electrons. The van der Waals surface area contributed by atoms with E-state index in [0.29, 0.717) is 29.4 Å². The predicted molar refractivity (Wildman–Crippen MR) is 130 cm³/mol. The molecule has 1 saturated carbocycles. The fourth-order valence-electron chi connectivity index (χ4n) is 4.37. The number of sulfonamides is 1. The Morgan fingerprint density at radius 2 is 1.65 bits per heavy atom. The van der Waals surface area contributed by atoms with Gasteiger partial charge in [-0.3, -0.25) is 9.59 Å². The largest absolute Gasteiger partial charge is 0.335 e. The van der Waals surface area contributed by atoms with Crippen LogP contribution >= 0.6 is 11.3 Å². The monoisotopic (exact) mass is 498 g/mol. The zero-order valence-corrected chi connectivity index (χ0v) is 21.0. The Kier molecular flexibility index (Phi) is 5.78. The number of carbonyl (C=O) groups is 2. The zero-order chi connectivity index (χ0) is 24.2. The van der Waals surface area contributed by atoms with Crippen molar-refractivity contribution in [2.45, 2.75) is 44.4 Å². The Bertz CT molecular complexity index is 1400.